The third kappa shape index (κ3) is 3.69. The molecule has 2 aliphatic heterocycles. The number of carboxylic acids is 1. The summed E-state index contributed by atoms with van der Waals surface area (Å²) in [4.78, 5) is 13.5. The molecule has 5 heteroatoms. The van der Waals surface area contributed by atoms with E-state index in [1.54, 1.807) is 0 Å². The van der Waals surface area contributed by atoms with Gasteiger partial charge in [0.05, 0.1) is 17.2 Å². The first-order valence-electron chi connectivity index (χ1n) is 11.2. The lowest BCUT2D eigenvalue weighted by molar-refractivity contribution is -0.436. The highest BCUT2D eigenvalue weighted by atomic mass is 16.5. The van der Waals surface area contributed by atoms with E-state index in [1.807, 2.05) is 48.3 Å². The van der Waals surface area contributed by atoms with E-state index in [2.05, 4.69) is 60.0 Å². The van der Waals surface area contributed by atoms with Crippen LogP contribution in [0.2, 0.25) is 0 Å². The molecule has 0 aromatic heterocycles. The molecule has 1 unspecified atom stereocenters. The largest absolute Gasteiger partial charge is 0.481 e. The van der Waals surface area contributed by atoms with E-state index in [0.717, 1.165) is 35.1 Å². The van der Waals surface area contributed by atoms with Crippen LogP contribution in [0, 0.1) is 0 Å². The third-order valence-corrected chi connectivity index (χ3v) is 6.63. The first kappa shape index (κ1) is 21.0. The van der Waals surface area contributed by atoms with Crippen molar-refractivity contribution in [3.05, 3.63) is 102 Å². The minimum Gasteiger partial charge on any atom is -0.481 e. The van der Waals surface area contributed by atoms with Crippen LogP contribution >= 0.6 is 0 Å². The monoisotopic (exact) mass is 439 g/mol. The van der Waals surface area contributed by atoms with Crippen LogP contribution in [0.5, 0.6) is 5.75 Å². The number of rotatable bonds is 6. The fraction of sp³-hybridized carbons (Fsp3) is 0.214. The molecule has 166 valence electrons. The summed E-state index contributed by atoms with van der Waals surface area (Å²) in [7, 11) is 2.00. The van der Waals surface area contributed by atoms with Gasteiger partial charge in [-0.05, 0) is 31.0 Å². The summed E-state index contributed by atoms with van der Waals surface area (Å²) in [6, 6.07) is 26.7. The van der Waals surface area contributed by atoms with Gasteiger partial charge in [-0.25, -0.2) is 0 Å². The van der Waals surface area contributed by atoms with Crippen LogP contribution in [-0.2, 0) is 16.6 Å². The van der Waals surface area contributed by atoms with Gasteiger partial charge in [-0.1, -0.05) is 60.7 Å². The summed E-state index contributed by atoms with van der Waals surface area (Å²) in [6.07, 6.45) is 2.94. The summed E-state index contributed by atoms with van der Waals surface area (Å²) < 4.78 is 8.37. The molecule has 5 nitrogen and oxygen atoms in total. The maximum absolute atomic E-state index is 11.5. The molecule has 0 bridgehead atoms. The number of nitrogens with zero attached hydrogens (tertiary/aromatic N) is 2. The Morgan fingerprint density at radius 2 is 1.73 bits per heavy atom. The molecule has 33 heavy (non-hydrogen) atoms. The number of anilines is 1. The van der Waals surface area contributed by atoms with Gasteiger partial charge >= 0.3 is 5.97 Å². The molecule has 2 aliphatic rings. The number of carbonyl (C=O) groups is 1. The van der Waals surface area contributed by atoms with E-state index in [9.17, 15) is 9.90 Å². The predicted octanol–water partition coefficient (Wildman–Crippen LogP) is 5.13. The Balaban J connectivity index is 1.66. The molecule has 0 saturated carbocycles. The molecule has 5 rings (SSSR count). The van der Waals surface area contributed by atoms with E-state index in [0.29, 0.717) is 6.54 Å². The van der Waals surface area contributed by atoms with Crippen LogP contribution in [0.15, 0.2) is 90.8 Å². The van der Waals surface area contributed by atoms with Gasteiger partial charge in [-0.2, -0.15) is 4.58 Å². The topological polar surface area (TPSA) is 52.8 Å². The molecular formula is C28H27N2O3+. The summed E-state index contributed by atoms with van der Waals surface area (Å²) in [6.45, 7) is 2.64. The average molecular weight is 440 g/mol. The molecule has 1 N–H and O–H groups in total. The molecular weight excluding hydrogens is 412 g/mol. The third-order valence-electron chi connectivity index (χ3n) is 6.63. The van der Waals surface area contributed by atoms with E-state index >= 15 is 0 Å². The molecule has 0 radical (unpaired) electrons. The average Bonchev–Trinajstić information content (AvgIpc) is 3.25. The molecule has 0 fully saturated rings. The quantitative estimate of drug-likeness (QED) is 0.541. The van der Waals surface area contributed by atoms with Crippen LogP contribution in [0.3, 0.4) is 0 Å². The number of hydrogen-bond donors (Lipinski definition) is 1. The second-order valence-corrected chi connectivity index (χ2v) is 8.80. The second-order valence-electron chi connectivity index (χ2n) is 8.80. The number of ether oxygens (including phenoxy) is 1. The predicted molar refractivity (Wildman–Crippen MR) is 130 cm³/mol. The van der Waals surface area contributed by atoms with Crippen LogP contribution in [0.25, 0.3) is 0 Å². The smallest absolute Gasteiger partial charge is 0.309 e. The highest BCUT2D eigenvalue weighted by Crippen LogP contribution is 2.44. The van der Waals surface area contributed by atoms with Gasteiger partial charge in [-0.3, -0.25) is 4.79 Å². The molecule has 3 aromatic rings. The van der Waals surface area contributed by atoms with E-state index in [-0.39, 0.29) is 11.8 Å². The minimum absolute atomic E-state index is 0.0549. The molecule has 2 heterocycles. The molecule has 0 amide bonds. The maximum Gasteiger partial charge on any atom is 0.309 e. The molecule has 0 aliphatic carbocycles. The van der Waals surface area contributed by atoms with Gasteiger partial charge in [0.2, 0.25) is 11.6 Å². The van der Waals surface area contributed by atoms with Crippen LogP contribution in [-0.4, -0.2) is 35.0 Å². The van der Waals surface area contributed by atoms with Crippen molar-refractivity contribution >= 4 is 23.1 Å². The summed E-state index contributed by atoms with van der Waals surface area (Å²) >= 11 is 0. The van der Waals surface area contributed by atoms with Gasteiger partial charge in [0.15, 0.2) is 18.0 Å². The minimum atomic E-state index is -0.808. The number of carboxylic acid groups (broad SMARTS) is 1. The fourth-order valence-electron chi connectivity index (χ4n) is 4.98. The van der Waals surface area contributed by atoms with Crippen LogP contribution in [0.1, 0.15) is 24.5 Å². The zero-order valence-electron chi connectivity index (χ0n) is 18.9. The van der Waals surface area contributed by atoms with Gasteiger partial charge in [0.25, 0.3) is 0 Å². The van der Waals surface area contributed by atoms with Gasteiger partial charge in [-0.15, -0.1) is 0 Å². The summed E-state index contributed by atoms with van der Waals surface area (Å²) in [5.41, 5.74) is 5.20. The van der Waals surface area contributed by atoms with Gasteiger partial charge < -0.3 is 14.7 Å². The van der Waals surface area contributed by atoms with E-state index in [1.165, 1.54) is 11.1 Å². The SMILES string of the molecule is CN1/C(=C/C2=[N+](CCC(=O)O)c3ccccc3C2(C)Cc2ccccc2)Oc2ccccc21. The van der Waals surface area contributed by atoms with E-state index < -0.39 is 5.97 Å². The number of aliphatic carboxylic acids is 1. The Hall–Kier alpha value is -3.86. The van der Waals surface area contributed by atoms with Crippen molar-refractivity contribution < 1.29 is 19.2 Å². The Labute approximate surface area is 193 Å². The van der Waals surface area contributed by atoms with E-state index in [4.69, 9.17) is 4.74 Å². The highest BCUT2D eigenvalue weighted by Gasteiger charge is 2.48. The Bertz CT molecular complexity index is 1280. The lowest BCUT2D eigenvalue weighted by Gasteiger charge is -2.23. The highest BCUT2D eigenvalue weighted by molar-refractivity contribution is 6.04. The Morgan fingerprint density at radius 1 is 1.03 bits per heavy atom. The van der Waals surface area contributed by atoms with Crippen LogP contribution in [0.4, 0.5) is 11.4 Å². The normalized spacial score (nSPS) is 20.1. The zero-order chi connectivity index (χ0) is 23.0. The first-order chi connectivity index (χ1) is 16.0. The van der Waals surface area contributed by atoms with Crippen molar-refractivity contribution in [1.29, 1.82) is 0 Å². The lowest BCUT2D eigenvalue weighted by Crippen LogP contribution is -2.35. The molecule has 1 atom stereocenters. The van der Waals surface area contributed by atoms with Crippen molar-refractivity contribution in [2.75, 3.05) is 18.5 Å². The van der Waals surface area contributed by atoms with Crippen molar-refractivity contribution in [1.82, 2.24) is 0 Å². The number of para-hydroxylation sites is 3. The number of hydrogen-bond acceptors (Lipinski definition) is 3. The summed E-state index contributed by atoms with van der Waals surface area (Å²) in [5.74, 6) is 0.751. The number of allylic oxidation sites excluding steroid dienone is 1. The molecule has 0 spiro atoms. The lowest BCUT2D eigenvalue weighted by atomic mass is 9.74. The molecule has 0 saturated heterocycles. The Kier molecular flexibility index (Phi) is 5.25. The number of benzene rings is 3. The van der Waals surface area contributed by atoms with Crippen molar-refractivity contribution in [3.8, 4) is 5.75 Å². The van der Waals surface area contributed by atoms with Crippen molar-refractivity contribution in [2.24, 2.45) is 0 Å². The van der Waals surface area contributed by atoms with Gasteiger partial charge in [0, 0.05) is 18.7 Å². The van der Waals surface area contributed by atoms with Crippen molar-refractivity contribution in [2.45, 2.75) is 25.2 Å². The second kappa shape index (κ2) is 8.24. The first-order valence-corrected chi connectivity index (χ1v) is 11.2. The van der Waals surface area contributed by atoms with Crippen LogP contribution < -0.4 is 9.64 Å². The standard InChI is InChI=1S/C28H26N2O3/c1-28(19-20-10-4-3-5-11-20)21-12-6-7-13-22(21)30(17-16-27(31)32)25(28)18-26-29(2)23-14-8-9-15-24(23)33-26/h3-15,18H,16-17,19H2,1-2H3/p+1. The van der Waals surface area contributed by atoms with Gasteiger partial charge in [0.1, 0.15) is 6.42 Å². The zero-order valence-corrected chi connectivity index (χ0v) is 18.9. The molecule has 3 aromatic carbocycles. The van der Waals surface area contributed by atoms with Crippen molar-refractivity contribution in [3.63, 3.8) is 0 Å². The maximum atomic E-state index is 11.5. The Morgan fingerprint density at radius 3 is 2.48 bits per heavy atom. The number of fused-ring (bicyclic) bond motifs is 2. The fourth-order valence-corrected chi connectivity index (χ4v) is 4.98. The summed E-state index contributed by atoms with van der Waals surface area (Å²) in [5, 5.41) is 9.43.